The highest BCUT2D eigenvalue weighted by atomic mass is 19.1. The summed E-state index contributed by atoms with van der Waals surface area (Å²) in [5, 5.41) is 0. The number of rotatable bonds is 5. The van der Waals surface area contributed by atoms with E-state index in [4.69, 9.17) is 0 Å². The highest BCUT2D eigenvalue weighted by Gasteiger charge is 2.48. The van der Waals surface area contributed by atoms with Gasteiger partial charge in [0.2, 0.25) is 5.91 Å². The fourth-order valence-corrected chi connectivity index (χ4v) is 4.66. The van der Waals surface area contributed by atoms with E-state index in [0.717, 1.165) is 44.7 Å². The smallest absolute Gasteiger partial charge is 0.219 e. The topological polar surface area (TPSA) is 41.4 Å². The Morgan fingerprint density at radius 3 is 2.88 bits per heavy atom. The van der Waals surface area contributed by atoms with Crippen LogP contribution in [0.2, 0.25) is 0 Å². The first kappa shape index (κ1) is 17.2. The molecule has 3 atom stereocenters. The Morgan fingerprint density at radius 2 is 2.15 bits per heavy atom. The monoisotopic (exact) mass is 356 g/mol. The zero-order valence-electron chi connectivity index (χ0n) is 15.1. The lowest BCUT2D eigenvalue weighted by atomic mass is 9.89. The number of likely N-dealkylation sites (tertiary alicyclic amines) is 2. The van der Waals surface area contributed by atoms with E-state index in [1.54, 1.807) is 25.3 Å². The Balaban J connectivity index is 1.43. The summed E-state index contributed by atoms with van der Waals surface area (Å²) in [6.45, 7) is 6.40. The van der Waals surface area contributed by atoms with Gasteiger partial charge in [0.25, 0.3) is 0 Å². The number of nitrogens with zero attached hydrogens (tertiary/aromatic N) is 4. The highest BCUT2D eigenvalue weighted by Crippen LogP contribution is 2.45. The molecule has 5 nitrogen and oxygen atoms in total. The molecule has 2 aliphatic rings. The van der Waals surface area contributed by atoms with Crippen LogP contribution in [0.5, 0.6) is 0 Å². The SMILES string of the molecule is CC(=O)N1C[C@H]2CN(CCCn3ccnc3)C[C@H]2[C@@H]1c1cccc(F)c1. The van der Waals surface area contributed by atoms with E-state index < -0.39 is 0 Å². The maximum absolute atomic E-state index is 13.7. The number of benzene rings is 1. The fourth-order valence-electron chi connectivity index (χ4n) is 4.66. The second kappa shape index (κ2) is 7.19. The van der Waals surface area contributed by atoms with Gasteiger partial charge in [0.15, 0.2) is 0 Å². The van der Waals surface area contributed by atoms with Crippen molar-refractivity contribution in [2.45, 2.75) is 25.9 Å². The molecule has 0 radical (unpaired) electrons. The normalized spacial score (nSPS) is 25.6. The van der Waals surface area contributed by atoms with Gasteiger partial charge in [-0.3, -0.25) is 4.79 Å². The molecule has 0 spiro atoms. The minimum Gasteiger partial charge on any atom is -0.337 e. The Labute approximate surface area is 153 Å². The molecular formula is C20H25FN4O. The van der Waals surface area contributed by atoms with Crippen molar-refractivity contribution >= 4 is 5.91 Å². The number of aryl methyl sites for hydroxylation is 1. The largest absolute Gasteiger partial charge is 0.337 e. The molecule has 0 N–H and O–H groups in total. The number of imidazole rings is 1. The molecule has 2 saturated heterocycles. The molecule has 0 aliphatic carbocycles. The van der Waals surface area contributed by atoms with Crippen LogP contribution in [0.4, 0.5) is 4.39 Å². The predicted molar refractivity (Wildman–Crippen MR) is 96.8 cm³/mol. The summed E-state index contributed by atoms with van der Waals surface area (Å²) in [6, 6.07) is 6.74. The molecule has 3 heterocycles. The van der Waals surface area contributed by atoms with Crippen molar-refractivity contribution in [1.82, 2.24) is 19.4 Å². The van der Waals surface area contributed by atoms with Crippen LogP contribution in [0.25, 0.3) is 0 Å². The van der Waals surface area contributed by atoms with Crippen molar-refractivity contribution in [2.75, 3.05) is 26.2 Å². The third kappa shape index (κ3) is 3.38. The van der Waals surface area contributed by atoms with Crippen molar-refractivity contribution in [1.29, 1.82) is 0 Å². The van der Waals surface area contributed by atoms with E-state index >= 15 is 0 Å². The highest BCUT2D eigenvalue weighted by molar-refractivity contribution is 5.74. The second-order valence-electron chi connectivity index (χ2n) is 7.51. The molecule has 0 bridgehead atoms. The summed E-state index contributed by atoms with van der Waals surface area (Å²) < 4.78 is 15.9. The van der Waals surface area contributed by atoms with Gasteiger partial charge in [-0.15, -0.1) is 0 Å². The molecule has 1 amide bonds. The minimum absolute atomic E-state index is 0.00755. The first-order valence-electron chi connectivity index (χ1n) is 9.32. The molecule has 2 fully saturated rings. The van der Waals surface area contributed by atoms with Crippen molar-refractivity contribution in [3.63, 3.8) is 0 Å². The number of carbonyl (C=O) groups excluding carboxylic acids is 1. The van der Waals surface area contributed by atoms with Crippen LogP contribution in [0.3, 0.4) is 0 Å². The second-order valence-corrected chi connectivity index (χ2v) is 7.51. The van der Waals surface area contributed by atoms with Gasteiger partial charge >= 0.3 is 0 Å². The van der Waals surface area contributed by atoms with Gasteiger partial charge in [0.1, 0.15) is 5.82 Å². The summed E-state index contributed by atoms with van der Waals surface area (Å²) >= 11 is 0. The van der Waals surface area contributed by atoms with Crippen molar-refractivity contribution in [3.05, 3.63) is 54.4 Å². The minimum atomic E-state index is -0.232. The number of halogens is 1. The van der Waals surface area contributed by atoms with Gasteiger partial charge in [-0.25, -0.2) is 9.37 Å². The number of aromatic nitrogens is 2. The Kier molecular flexibility index (Phi) is 4.76. The summed E-state index contributed by atoms with van der Waals surface area (Å²) in [4.78, 5) is 20.6. The van der Waals surface area contributed by atoms with Crippen molar-refractivity contribution < 1.29 is 9.18 Å². The number of carbonyl (C=O) groups is 1. The zero-order chi connectivity index (χ0) is 18.1. The Morgan fingerprint density at radius 1 is 1.27 bits per heavy atom. The van der Waals surface area contributed by atoms with E-state index in [1.165, 1.54) is 6.07 Å². The van der Waals surface area contributed by atoms with Crippen molar-refractivity contribution in [2.24, 2.45) is 11.8 Å². The number of amides is 1. The molecule has 1 aromatic heterocycles. The summed E-state index contributed by atoms with van der Waals surface area (Å²) in [7, 11) is 0. The lowest BCUT2D eigenvalue weighted by Gasteiger charge is -2.29. The molecule has 0 saturated carbocycles. The predicted octanol–water partition coefficient (Wildman–Crippen LogP) is 2.56. The average molecular weight is 356 g/mol. The van der Waals surface area contributed by atoms with Gasteiger partial charge in [-0.05, 0) is 36.6 Å². The molecule has 6 heteroatoms. The molecule has 26 heavy (non-hydrogen) atoms. The maximum Gasteiger partial charge on any atom is 0.219 e. The third-order valence-electron chi connectivity index (χ3n) is 5.78. The van der Waals surface area contributed by atoms with E-state index in [9.17, 15) is 9.18 Å². The molecule has 138 valence electrons. The van der Waals surface area contributed by atoms with Crippen LogP contribution < -0.4 is 0 Å². The van der Waals surface area contributed by atoms with Crippen molar-refractivity contribution in [3.8, 4) is 0 Å². The molecule has 0 unspecified atom stereocenters. The summed E-state index contributed by atoms with van der Waals surface area (Å²) in [5.74, 6) is 0.708. The molecule has 2 aliphatic heterocycles. The van der Waals surface area contributed by atoms with E-state index in [0.29, 0.717) is 11.8 Å². The molecule has 4 rings (SSSR count). The van der Waals surface area contributed by atoms with Gasteiger partial charge in [-0.2, -0.15) is 0 Å². The van der Waals surface area contributed by atoms with Gasteiger partial charge in [0, 0.05) is 51.4 Å². The lowest BCUT2D eigenvalue weighted by molar-refractivity contribution is -0.130. The number of hydrogen-bond donors (Lipinski definition) is 0. The summed E-state index contributed by atoms with van der Waals surface area (Å²) in [6.07, 6.45) is 6.73. The van der Waals surface area contributed by atoms with Gasteiger partial charge in [-0.1, -0.05) is 12.1 Å². The van der Waals surface area contributed by atoms with E-state index in [2.05, 4.69) is 14.5 Å². The fraction of sp³-hybridized carbons (Fsp3) is 0.500. The quantitative estimate of drug-likeness (QED) is 0.827. The van der Waals surface area contributed by atoms with E-state index in [1.807, 2.05) is 23.5 Å². The lowest BCUT2D eigenvalue weighted by Crippen LogP contribution is -2.34. The number of hydrogen-bond acceptors (Lipinski definition) is 3. The maximum atomic E-state index is 13.7. The first-order valence-corrected chi connectivity index (χ1v) is 9.32. The van der Waals surface area contributed by atoms with E-state index in [-0.39, 0.29) is 17.8 Å². The molecule has 1 aromatic carbocycles. The van der Waals surface area contributed by atoms with Crippen LogP contribution in [-0.4, -0.2) is 51.4 Å². The standard InChI is InChI=1S/C20H25FN4O/c1-15(26)25-12-17-11-24(8-3-7-23-9-6-22-14-23)13-19(17)20(25)16-4-2-5-18(21)10-16/h2,4-6,9-10,14,17,19-20H,3,7-8,11-13H2,1H3/t17-,19-,20+/m1/s1. The molecular weight excluding hydrogens is 331 g/mol. The van der Waals surface area contributed by atoms with Crippen LogP contribution >= 0.6 is 0 Å². The van der Waals surface area contributed by atoms with Crippen LogP contribution in [0.15, 0.2) is 43.0 Å². The van der Waals surface area contributed by atoms with Crippen LogP contribution in [0, 0.1) is 17.7 Å². The molecule has 2 aromatic rings. The van der Waals surface area contributed by atoms with Crippen LogP contribution in [-0.2, 0) is 11.3 Å². The Hall–Kier alpha value is -2.21. The summed E-state index contributed by atoms with van der Waals surface area (Å²) in [5.41, 5.74) is 0.924. The van der Waals surface area contributed by atoms with Crippen LogP contribution in [0.1, 0.15) is 24.9 Å². The third-order valence-corrected chi connectivity index (χ3v) is 5.78. The average Bonchev–Trinajstić information content (AvgIpc) is 3.30. The first-order chi connectivity index (χ1) is 12.6. The zero-order valence-corrected chi connectivity index (χ0v) is 15.1. The van der Waals surface area contributed by atoms with Gasteiger partial charge < -0.3 is 14.4 Å². The Bertz CT molecular complexity index is 763. The number of fused-ring (bicyclic) bond motifs is 1. The van der Waals surface area contributed by atoms with Gasteiger partial charge in [0.05, 0.1) is 12.4 Å².